The maximum Gasteiger partial charge on any atom is 0.0163 e. The van der Waals surface area contributed by atoms with Gasteiger partial charge in [-0.1, -0.05) is 26.8 Å². The molecule has 1 N–H and O–H groups in total. The van der Waals surface area contributed by atoms with E-state index in [9.17, 15) is 0 Å². The van der Waals surface area contributed by atoms with Crippen molar-refractivity contribution < 1.29 is 0 Å². The van der Waals surface area contributed by atoms with Crippen molar-refractivity contribution in [3.05, 3.63) is 12.7 Å². The molecule has 0 saturated heterocycles. The fourth-order valence-corrected chi connectivity index (χ4v) is 1.82. The van der Waals surface area contributed by atoms with Gasteiger partial charge in [-0.2, -0.15) is 0 Å². The smallest absolute Gasteiger partial charge is 0.0163 e. The Morgan fingerprint density at radius 1 is 1.33 bits per heavy atom. The van der Waals surface area contributed by atoms with Gasteiger partial charge in [-0.05, 0) is 38.9 Å². The van der Waals surface area contributed by atoms with Crippen LogP contribution in [0.5, 0.6) is 0 Å². The molecule has 0 aromatic rings. The van der Waals surface area contributed by atoms with Crippen molar-refractivity contribution in [2.24, 2.45) is 5.92 Å². The van der Waals surface area contributed by atoms with Gasteiger partial charge in [0.1, 0.15) is 0 Å². The quantitative estimate of drug-likeness (QED) is 0.591. The molecule has 0 rings (SSSR count). The van der Waals surface area contributed by atoms with Crippen molar-refractivity contribution in [2.45, 2.75) is 40.2 Å². The summed E-state index contributed by atoms with van der Waals surface area (Å²) in [4.78, 5) is 2.51. The second-order valence-electron chi connectivity index (χ2n) is 4.31. The van der Waals surface area contributed by atoms with E-state index in [2.05, 4.69) is 44.5 Å². The van der Waals surface area contributed by atoms with Crippen LogP contribution in [0.1, 0.15) is 34.1 Å². The number of hydrogen-bond acceptors (Lipinski definition) is 2. The fraction of sp³-hybridized carbons (Fsp3) is 0.846. The van der Waals surface area contributed by atoms with E-state index in [0.717, 1.165) is 19.6 Å². The minimum atomic E-state index is 0.627. The van der Waals surface area contributed by atoms with Gasteiger partial charge in [0.15, 0.2) is 0 Å². The summed E-state index contributed by atoms with van der Waals surface area (Å²) in [6, 6.07) is 0.627. The zero-order valence-corrected chi connectivity index (χ0v) is 10.9. The Hall–Kier alpha value is -0.340. The SMILES string of the molecule is C=CCN(CCC)C(C)C(C)CNCC. The summed E-state index contributed by atoms with van der Waals surface area (Å²) in [6.45, 7) is 17.2. The van der Waals surface area contributed by atoms with Crippen LogP contribution >= 0.6 is 0 Å². The van der Waals surface area contributed by atoms with Crippen LogP contribution in [-0.4, -0.2) is 37.1 Å². The second kappa shape index (κ2) is 8.93. The summed E-state index contributed by atoms with van der Waals surface area (Å²) in [5, 5.41) is 3.42. The van der Waals surface area contributed by atoms with Gasteiger partial charge in [0.2, 0.25) is 0 Å². The summed E-state index contributed by atoms with van der Waals surface area (Å²) in [5.74, 6) is 0.691. The highest BCUT2D eigenvalue weighted by molar-refractivity contribution is 4.80. The zero-order valence-electron chi connectivity index (χ0n) is 10.9. The molecular weight excluding hydrogens is 184 g/mol. The van der Waals surface area contributed by atoms with Gasteiger partial charge in [-0.15, -0.1) is 6.58 Å². The lowest BCUT2D eigenvalue weighted by atomic mass is 10.0. The van der Waals surface area contributed by atoms with Crippen LogP contribution in [0.2, 0.25) is 0 Å². The number of hydrogen-bond donors (Lipinski definition) is 1. The Morgan fingerprint density at radius 3 is 2.47 bits per heavy atom. The van der Waals surface area contributed by atoms with Crippen LogP contribution in [-0.2, 0) is 0 Å². The Balaban J connectivity index is 4.07. The van der Waals surface area contributed by atoms with Crippen LogP contribution in [0.4, 0.5) is 0 Å². The average molecular weight is 212 g/mol. The third-order valence-corrected chi connectivity index (χ3v) is 2.99. The molecule has 0 heterocycles. The molecule has 2 unspecified atom stereocenters. The first kappa shape index (κ1) is 14.7. The molecule has 0 bridgehead atoms. The lowest BCUT2D eigenvalue weighted by molar-refractivity contribution is 0.177. The molecule has 0 amide bonds. The van der Waals surface area contributed by atoms with Gasteiger partial charge < -0.3 is 5.32 Å². The van der Waals surface area contributed by atoms with Crippen molar-refractivity contribution >= 4 is 0 Å². The molecule has 0 aliphatic heterocycles. The third-order valence-electron chi connectivity index (χ3n) is 2.99. The number of rotatable bonds is 9. The molecular formula is C13H28N2. The molecule has 0 aromatic heterocycles. The van der Waals surface area contributed by atoms with Gasteiger partial charge in [0, 0.05) is 12.6 Å². The van der Waals surface area contributed by atoms with Crippen LogP contribution in [0.25, 0.3) is 0 Å². The van der Waals surface area contributed by atoms with Crippen molar-refractivity contribution in [3.63, 3.8) is 0 Å². The first-order chi connectivity index (χ1) is 7.17. The largest absolute Gasteiger partial charge is 0.317 e. The first-order valence-corrected chi connectivity index (χ1v) is 6.22. The molecule has 15 heavy (non-hydrogen) atoms. The molecule has 2 atom stereocenters. The summed E-state index contributed by atoms with van der Waals surface area (Å²) in [7, 11) is 0. The molecule has 0 saturated carbocycles. The molecule has 0 spiro atoms. The highest BCUT2D eigenvalue weighted by atomic mass is 15.1. The van der Waals surface area contributed by atoms with E-state index in [-0.39, 0.29) is 0 Å². The topological polar surface area (TPSA) is 15.3 Å². The Morgan fingerprint density at radius 2 is 2.00 bits per heavy atom. The van der Waals surface area contributed by atoms with Gasteiger partial charge in [0.05, 0.1) is 0 Å². The van der Waals surface area contributed by atoms with Gasteiger partial charge >= 0.3 is 0 Å². The van der Waals surface area contributed by atoms with Crippen molar-refractivity contribution in [3.8, 4) is 0 Å². The van der Waals surface area contributed by atoms with Crippen LogP contribution in [0, 0.1) is 5.92 Å². The second-order valence-corrected chi connectivity index (χ2v) is 4.31. The molecule has 2 nitrogen and oxygen atoms in total. The number of nitrogens with zero attached hydrogens (tertiary/aromatic N) is 1. The van der Waals surface area contributed by atoms with E-state index in [4.69, 9.17) is 0 Å². The summed E-state index contributed by atoms with van der Waals surface area (Å²) >= 11 is 0. The predicted octanol–water partition coefficient (Wildman–Crippen LogP) is 2.52. The average Bonchev–Trinajstić information content (AvgIpc) is 2.24. The third kappa shape index (κ3) is 5.95. The molecule has 0 aromatic carbocycles. The van der Waals surface area contributed by atoms with Gasteiger partial charge in [-0.3, -0.25) is 4.90 Å². The van der Waals surface area contributed by atoms with E-state index in [0.29, 0.717) is 12.0 Å². The number of nitrogens with one attached hydrogen (secondary N) is 1. The Kier molecular flexibility index (Phi) is 8.73. The zero-order chi connectivity index (χ0) is 11.7. The summed E-state index contributed by atoms with van der Waals surface area (Å²) < 4.78 is 0. The lowest BCUT2D eigenvalue weighted by Crippen LogP contribution is -2.41. The molecule has 0 fully saturated rings. The maximum absolute atomic E-state index is 3.83. The van der Waals surface area contributed by atoms with E-state index in [1.54, 1.807) is 0 Å². The summed E-state index contributed by atoms with van der Waals surface area (Å²) in [5.41, 5.74) is 0. The molecule has 0 aliphatic carbocycles. The minimum Gasteiger partial charge on any atom is -0.317 e. The molecule has 0 aliphatic rings. The van der Waals surface area contributed by atoms with Crippen LogP contribution in [0.15, 0.2) is 12.7 Å². The Bertz CT molecular complexity index is 157. The van der Waals surface area contributed by atoms with Crippen LogP contribution in [0.3, 0.4) is 0 Å². The summed E-state index contributed by atoms with van der Waals surface area (Å²) in [6.07, 6.45) is 3.22. The van der Waals surface area contributed by atoms with Crippen LogP contribution < -0.4 is 5.32 Å². The minimum absolute atomic E-state index is 0.627. The van der Waals surface area contributed by atoms with Crippen molar-refractivity contribution in [1.29, 1.82) is 0 Å². The first-order valence-electron chi connectivity index (χ1n) is 6.22. The standard InChI is InChI=1S/C13H28N2/c1-6-9-15(10-7-2)13(5)12(4)11-14-8-3/h6,12-14H,1,7-11H2,2-5H3. The van der Waals surface area contributed by atoms with E-state index < -0.39 is 0 Å². The molecule has 0 radical (unpaired) electrons. The molecule has 2 heteroatoms. The fourth-order valence-electron chi connectivity index (χ4n) is 1.82. The van der Waals surface area contributed by atoms with E-state index in [1.807, 2.05) is 6.08 Å². The van der Waals surface area contributed by atoms with Gasteiger partial charge in [-0.25, -0.2) is 0 Å². The van der Waals surface area contributed by atoms with Gasteiger partial charge in [0.25, 0.3) is 0 Å². The lowest BCUT2D eigenvalue weighted by Gasteiger charge is -2.32. The predicted molar refractivity (Wildman–Crippen MR) is 69.2 cm³/mol. The normalized spacial score (nSPS) is 15.3. The molecule has 90 valence electrons. The Labute approximate surface area is 95.7 Å². The van der Waals surface area contributed by atoms with Crippen molar-refractivity contribution in [1.82, 2.24) is 10.2 Å². The van der Waals surface area contributed by atoms with E-state index >= 15 is 0 Å². The van der Waals surface area contributed by atoms with E-state index in [1.165, 1.54) is 13.0 Å². The monoisotopic (exact) mass is 212 g/mol. The highest BCUT2D eigenvalue weighted by Gasteiger charge is 2.17. The maximum atomic E-state index is 3.83. The van der Waals surface area contributed by atoms with Crippen molar-refractivity contribution in [2.75, 3.05) is 26.2 Å². The highest BCUT2D eigenvalue weighted by Crippen LogP contribution is 2.10.